The van der Waals surface area contributed by atoms with E-state index in [9.17, 15) is 22.4 Å². The zero-order valence-corrected chi connectivity index (χ0v) is 16.3. The molecule has 0 saturated carbocycles. The lowest BCUT2D eigenvalue weighted by molar-refractivity contribution is -0.151. The van der Waals surface area contributed by atoms with Crippen LogP contribution in [0.4, 0.5) is 10.1 Å². The highest BCUT2D eigenvalue weighted by atomic mass is 32.2. The molecule has 2 rings (SSSR count). The van der Waals surface area contributed by atoms with E-state index in [4.69, 9.17) is 4.74 Å². The first-order chi connectivity index (χ1) is 13.2. The smallest absolute Gasteiger partial charge is 0.321 e. The predicted molar refractivity (Wildman–Crippen MR) is 102 cm³/mol. The summed E-state index contributed by atoms with van der Waals surface area (Å²) in [7, 11) is -4.22. The summed E-state index contributed by atoms with van der Waals surface area (Å²) in [5, 5.41) is 2.60. The molecule has 7 nitrogen and oxygen atoms in total. The van der Waals surface area contributed by atoms with Crippen molar-refractivity contribution in [3.05, 3.63) is 59.9 Å². The van der Waals surface area contributed by atoms with Crippen LogP contribution in [0.3, 0.4) is 0 Å². The van der Waals surface area contributed by atoms with Crippen LogP contribution < -0.4 is 10.0 Å². The molecule has 1 atom stereocenters. The van der Waals surface area contributed by atoms with Gasteiger partial charge in [0.15, 0.2) is 6.10 Å². The fourth-order valence-corrected chi connectivity index (χ4v) is 3.30. The molecular formula is C19H21FN2O5S. The number of sulfonamides is 1. The summed E-state index contributed by atoms with van der Waals surface area (Å²) in [6, 6.07) is 12.0. The molecule has 2 aromatic carbocycles. The summed E-state index contributed by atoms with van der Waals surface area (Å²) in [5.41, 5.74) is 1.66. The number of nitrogens with one attached hydrogen (secondary N) is 2. The van der Waals surface area contributed by atoms with E-state index in [1.165, 1.54) is 19.1 Å². The van der Waals surface area contributed by atoms with Crippen LogP contribution in [0.25, 0.3) is 0 Å². The fraction of sp³-hybridized carbons (Fsp3) is 0.263. The van der Waals surface area contributed by atoms with Crippen LogP contribution in [0, 0.1) is 5.82 Å². The fourth-order valence-electron chi connectivity index (χ4n) is 2.25. The highest BCUT2D eigenvalue weighted by Crippen LogP contribution is 2.13. The Labute approximate surface area is 163 Å². The van der Waals surface area contributed by atoms with E-state index in [-0.39, 0.29) is 0 Å². The molecule has 0 aliphatic rings. The SMILES string of the molecule is CCc1ccc(NC(=O)[C@@H](C)OC(=O)CNS(=O)(=O)c2ccccc2F)cc1. The summed E-state index contributed by atoms with van der Waals surface area (Å²) >= 11 is 0. The number of carbonyl (C=O) groups is 2. The van der Waals surface area contributed by atoms with Crippen LogP contribution in [0.15, 0.2) is 53.4 Å². The largest absolute Gasteiger partial charge is 0.452 e. The molecule has 0 aliphatic heterocycles. The van der Waals surface area contributed by atoms with Gasteiger partial charge in [-0.1, -0.05) is 31.2 Å². The van der Waals surface area contributed by atoms with E-state index in [1.807, 2.05) is 23.8 Å². The average molecular weight is 408 g/mol. The Morgan fingerprint density at radius 2 is 1.75 bits per heavy atom. The molecular weight excluding hydrogens is 387 g/mol. The third kappa shape index (κ3) is 5.86. The van der Waals surface area contributed by atoms with Crippen molar-refractivity contribution in [2.45, 2.75) is 31.3 Å². The maximum atomic E-state index is 13.6. The Morgan fingerprint density at radius 3 is 2.36 bits per heavy atom. The van der Waals surface area contributed by atoms with Gasteiger partial charge in [0.2, 0.25) is 10.0 Å². The van der Waals surface area contributed by atoms with Crippen LogP contribution in [0.2, 0.25) is 0 Å². The lowest BCUT2D eigenvalue weighted by atomic mass is 10.1. The van der Waals surface area contributed by atoms with Crippen LogP contribution in [-0.2, 0) is 30.8 Å². The molecule has 2 aromatic rings. The highest BCUT2D eigenvalue weighted by Gasteiger charge is 2.22. The molecule has 0 radical (unpaired) electrons. The van der Waals surface area contributed by atoms with Gasteiger partial charge in [0.1, 0.15) is 17.3 Å². The Morgan fingerprint density at radius 1 is 1.11 bits per heavy atom. The number of hydrogen-bond acceptors (Lipinski definition) is 5. The lowest BCUT2D eigenvalue weighted by Crippen LogP contribution is -2.36. The monoisotopic (exact) mass is 408 g/mol. The van der Waals surface area contributed by atoms with Gasteiger partial charge in [-0.25, -0.2) is 12.8 Å². The first-order valence-corrected chi connectivity index (χ1v) is 10.0. The predicted octanol–water partition coefficient (Wildman–Crippen LogP) is 2.24. The Bertz CT molecular complexity index is 945. The molecule has 2 N–H and O–H groups in total. The van der Waals surface area contributed by atoms with Gasteiger partial charge in [-0.05, 0) is 43.2 Å². The van der Waals surface area contributed by atoms with Crippen molar-refractivity contribution >= 4 is 27.6 Å². The van der Waals surface area contributed by atoms with Crippen molar-refractivity contribution < 1.29 is 27.1 Å². The normalized spacial score (nSPS) is 12.2. The maximum absolute atomic E-state index is 13.6. The lowest BCUT2D eigenvalue weighted by Gasteiger charge is -2.14. The van der Waals surface area contributed by atoms with Gasteiger partial charge in [0.05, 0.1) is 0 Å². The Hall–Kier alpha value is -2.78. The van der Waals surface area contributed by atoms with Crippen molar-refractivity contribution in [3.8, 4) is 0 Å². The van der Waals surface area contributed by atoms with Gasteiger partial charge in [0.25, 0.3) is 5.91 Å². The first kappa shape index (κ1) is 21.5. The third-order valence-corrected chi connectivity index (χ3v) is 5.27. The minimum Gasteiger partial charge on any atom is -0.452 e. The summed E-state index contributed by atoms with van der Waals surface area (Å²) in [4.78, 5) is 23.3. The number of anilines is 1. The Balaban J connectivity index is 1.87. The molecule has 0 heterocycles. The quantitative estimate of drug-likeness (QED) is 0.653. The molecule has 0 spiro atoms. The van der Waals surface area contributed by atoms with Crippen LogP contribution in [-0.4, -0.2) is 32.9 Å². The Kier molecular flexibility index (Phi) is 7.24. The standard InChI is InChI=1S/C19H21FN2O5S/c1-3-14-8-10-15(11-9-14)22-19(24)13(2)27-18(23)12-21-28(25,26)17-7-5-4-6-16(17)20/h4-11,13,21H,3,12H2,1-2H3,(H,22,24)/t13-/m1/s1. The number of hydrogen-bond donors (Lipinski definition) is 2. The van der Waals surface area contributed by atoms with E-state index >= 15 is 0 Å². The summed E-state index contributed by atoms with van der Waals surface area (Å²) in [5.74, 6) is -2.47. The summed E-state index contributed by atoms with van der Waals surface area (Å²) in [6.07, 6.45) is -0.276. The highest BCUT2D eigenvalue weighted by molar-refractivity contribution is 7.89. The van der Waals surface area contributed by atoms with E-state index in [0.29, 0.717) is 5.69 Å². The number of carbonyl (C=O) groups excluding carboxylic acids is 2. The number of amides is 1. The molecule has 0 unspecified atom stereocenters. The number of rotatable bonds is 8. The van der Waals surface area contributed by atoms with Gasteiger partial charge in [0, 0.05) is 5.69 Å². The second-order valence-corrected chi connectivity index (χ2v) is 7.66. The van der Waals surface area contributed by atoms with Gasteiger partial charge in [-0.3, -0.25) is 9.59 Å². The molecule has 1 amide bonds. The average Bonchev–Trinajstić information content (AvgIpc) is 2.67. The maximum Gasteiger partial charge on any atom is 0.321 e. The van der Waals surface area contributed by atoms with Crippen LogP contribution >= 0.6 is 0 Å². The molecule has 0 saturated heterocycles. The van der Waals surface area contributed by atoms with Gasteiger partial charge >= 0.3 is 5.97 Å². The number of halogens is 1. The topological polar surface area (TPSA) is 102 Å². The minimum absolute atomic E-state index is 0.547. The van der Waals surface area contributed by atoms with Crippen molar-refractivity contribution in [2.75, 3.05) is 11.9 Å². The summed E-state index contributed by atoms with van der Waals surface area (Å²) in [6.45, 7) is 2.63. The zero-order valence-electron chi connectivity index (χ0n) is 15.4. The minimum atomic E-state index is -4.22. The number of aryl methyl sites for hydroxylation is 1. The molecule has 150 valence electrons. The molecule has 0 fully saturated rings. The second kappa shape index (κ2) is 9.43. The van der Waals surface area contributed by atoms with E-state index < -0.39 is 45.3 Å². The molecule has 28 heavy (non-hydrogen) atoms. The zero-order chi connectivity index (χ0) is 20.7. The van der Waals surface area contributed by atoms with E-state index in [0.717, 1.165) is 24.1 Å². The molecule has 9 heteroatoms. The van der Waals surface area contributed by atoms with Gasteiger partial charge < -0.3 is 10.1 Å². The molecule has 0 aliphatic carbocycles. The van der Waals surface area contributed by atoms with E-state index in [1.54, 1.807) is 12.1 Å². The van der Waals surface area contributed by atoms with Gasteiger partial charge in [-0.2, -0.15) is 4.72 Å². The number of esters is 1. The van der Waals surface area contributed by atoms with E-state index in [2.05, 4.69) is 5.32 Å². The number of ether oxygens (including phenoxy) is 1. The van der Waals surface area contributed by atoms with Crippen molar-refractivity contribution in [1.82, 2.24) is 4.72 Å². The van der Waals surface area contributed by atoms with Crippen LogP contribution in [0.5, 0.6) is 0 Å². The second-order valence-electron chi connectivity index (χ2n) is 5.93. The number of benzene rings is 2. The van der Waals surface area contributed by atoms with Crippen molar-refractivity contribution in [1.29, 1.82) is 0 Å². The van der Waals surface area contributed by atoms with Gasteiger partial charge in [-0.15, -0.1) is 0 Å². The third-order valence-electron chi connectivity index (χ3n) is 3.84. The summed E-state index contributed by atoms with van der Waals surface area (Å²) < 4.78 is 44.5. The van der Waals surface area contributed by atoms with Crippen molar-refractivity contribution in [3.63, 3.8) is 0 Å². The van der Waals surface area contributed by atoms with Crippen LogP contribution in [0.1, 0.15) is 19.4 Å². The van der Waals surface area contributed by atoms with Crippen molar-refractivity contribution in [2.24, 2.45) is 0 Å². The molecule has 0 aromatic heterocycles. The first-order valence-electron chi connectivity index (χ1n) is 8.56. The molecule has 0 bridgehead atoms.